The zero-order chi connectivity index (χ0) is 11.0. The molecule has 1 aliphatic heterocycles. The van der Waals surface area contributed by atoms with Crippen LogP contribution in [0, 0.1) is 0 Å². The predicted molar refractivity (Wildman–Crippen MR) is 65.7 cm³/mol. The largest absolute Gasteiger partial charge is 0.487 e. The molecule has 0 saturated carbocycles. The summed E-state index contributed by atoms with van der Waals surface area (Å²) in [5.74, 6) is 0.818. The Bertz CT molecular complexity index is 383. The first-order chi connectivity index (χ1) is 7.13. The molecule has 2 unspecified atom stereocenters. The summed E-state index contributed by atoms with van der Waals surface area (Å²) in [6, 6.07) is 4.17. The van der Waals surface area contributed by atoms with Gasteiger partial charge < -0.3 is 10.1 Å². The highest BCUT2D eigenvalue weighted by atomic mass is 79.9. The standard InChI is InChI=1S/C11H13BrClNO/c1-3-14-10-6(2)15-11-8(10)4-7(12)5-9(11)13/h4-6,10,14H,3H2,1-2H3. The maximum absolute atomic E-state index is 6.12. The summed E-state index contributed by atoms with van der Waals surface area (Å²) in [4.78, 5) is 0. The molecule has 0 fully saturated rings. The van der Waals surface area contributed by atoms with Gasteiger partial charge in [-0.1, -0.05) is 34.5 Å². The van der Waals surface area contributed by atoms with E-state index < -0.39 is 0 Å². The summed E-state index contributed by atoms with van der Waals surface area (Å²) in [5.41, 5.74) is 1.14. The lowest BCUT2D eigenvalue weighted by Crippen LogP contribution is -2.28. The lowest BCUT2D eigenvalue weighted by atomic mass is 10.0. The molecular weight excluding hydrogens is 277 g/mol. The summed E-state index contributed by atoms with van der Waals surface area (Å²) < 4.78 is 6.73. The van der Waals surface area contributed by atoms with Crippen LogP contribution < -0.4 is 10.1 Å². The summed E-state index contributed by atoms with van der Waals surface area (Å²) in [6.45, 7) is 5.06. The van der Waals surface area contributed by atoms with E-state index in [0.717, 1.165) is 22.3 Å². The highest BCUT2D eigenvalue weighted by molar-refractivity contribution is 9.10. The van der Waals surface area contributed by atoms with E-state index in [9.17, 15) is 0 Å². The van der Waals surface area contributed by atoms with Crippen LogP contribution in [0.25, 0.3) is 0 Å². The van der Waals surface area contributed by atoms with Crippen molar-refractivity contribution < 1.29 is 4.74 Å². The molecule has 0 aliphatic carbocycles. The molecule has 1 heterocycles. The third-order valence-electron chi connectivity index (χ3n) is 2.57. The van der Waals surface area contributed by atoms with Gasteiger partial charge in [0.05, 0.1) is 11.1 Å². The van der Waals surface area contributed by atoms with E-state index in [4.69, 9.17) is 16.3 Å². The summed E-state index contributed by atoms with van der Waals surface area (Å²) in [7, 11) is 0. The number of rotatable bonds is 2. The van der Waals surface area contributed by atoms with E-state index in [1.807, 2.05) is 6.07 Å². The molecule has 82 valence electrons. The molecule has 0 aromatic heterocycles. The van der Waals surface area contributed by atoms with Crippen molar-refractivity contribution in [1.82, 2.24) is 5.32 Å². The fraction of sp³-hybridized carbons (Fsp3) is 0.455. The first kappa shape index (κ1) is 11.2. The lowest BCUT2D eigenvalue weighted by Gasteiger charge is -2.15. The van der Waals surface area contributed by atoms with Gasteiger partial charge in [-0.05, 0) is 25.6 Å². The molecule has 1 aromatic carbocycles. The second-order valence-electron chi connectivity index (χ2n) is 3.66. The van der Waals surface area contributed by atoms with E-state index in [2.05, 4.69) is 41.2 Å². The van der Waals surface area contributed by atoms with Crippen molar-refractivity contribution in [2.24, 2.45) is 0 Å². The van der Waals surface area contributed by atoms with E-state index in [1.165, 1.54) is 0 Å². The minimum absolute atomic E-state index is 0.131. The number of ether oxygens (including phenoxy) is 1. The predicted octanol–water partition coefficient (Wildman–Crippen LogP) is 3.53. The minimum Gasteiger partial charge on any atom is -0.487 e. The fourth-order valence-corrected chi connectivity index (χ4v) is 2.82. The third kappa shape index (κ3) is 2.01. The van der Waals surface area contributed by atoms with Gasteiger partial charge in [0.25, 0.3) is 0 Å². The van der Waals surface area contributed by atoms with Crippen LogP contribution in [-0.4, -0.2) is 12.6 Å². The Balaban J connectivity index is 2.43. The molecular formula is C11H13BrClNO. The molecule has 0 amide bonds. The van der Waals surface area contributed by atoms with Gasteiger partial charge in [-0.25, -0.2) is 0 Å². The summed E-state index contributed by atoms with van der Waals surface area (Å²) in [6.07, 6.45) is 0.131. The number of nitrogens with one attached hydrogen (secondary N) is 1. The van der Waals surface area contributed by atoms with Crippen LogP contribution in [0.2, 0.25) is 5.02 Å². The highest BCUT2D eigenvalue weighted by Crippen LogP contribution is 2.43. The Hall–Kier alpha value is -0.250. The molecule has 0 spiro atoms. The number of likely N-dealkylation sites (N-methyl/N-ethyl adjacent to an activating group) is 1. The number of halogens is 2. The van der Waals surface area contributed by atoms with Crippen molar-refractivity contribution >= 4 is 27.5 Å². The summed E-state index contributed by atoms with van der Waals surface area (Å²) in [5, 5.41) is 4.07. The third-order valence-corrected chi connectivity index (χ3v) is 3.31. The topological polar surface area (TPSA) is 21.3 Å². The van der Waals surface area contributed by atoms with E-state index in [0.29, 0.717) is 5.02 Å². The van der Waals surface area contributed by atoms with Crippen LogP contribution in [0.4, 0.5) is 0 Å². The van der Waals surface area contributed by atoms with E-state index >= 15 is 0 Å². The van der Waals surface area contributed by atoms with Crippen molar-refractivity contribution in [3.05, 3.63) is 27.2 Å². The molecule has 0 bridgehead atoms. The average molecular weight is 291 g/mol. The van der Waals surface area contributed by atoms with Gasteiger partial charge in [-0.3, -0.25) is 0 Å². The van der Waals surface area contributed by atoms with Gasteiger partial charge in [0.1, 0.15) is 11.9 Å². The molecule has 1 aliphatic rings. The van der Waals surface area contributed by atoms with Crippen molar-refractivity contribution in [3.8, 4) is 5.75 Å². The van der Waals surface area contributed by atoms with Crippen LogP contribution in [0.1, 0.15) is 25.5 Å². The number of hydrogen-bond donors (Lipinski definition) is 1. The second kappa shape index (κ2) is 4.32. The van der Waals surface area contributed by atoms with Crippen LogP contribution in [-0.2, 0) is 0 Å². The van der Waals surface area contributed by atoms with Crippen molar-refractivity contribution in [2.75, 3.05) is 6.54 Å². The smallest absolute Gasteiger partial charge is 0.143 e. The molecule has 15 heavy (non-hydrogen) atoms. The zero-order valence-corrected chi connectivity index (χ0v) is 11.0. The molecule has 0 radical (unpaired) electrons. The second-order valence-corrected chi connectivity index (χ2v) is 4.99. The lowest BCUT2D eigenvalue weighted by molar-refractivity contribution is 0.211. The van der Waals surface area contributed by atoms with E-state index in [1.54, 1.807) is 0 Å². The molecule has 1 N–H and O–H groups in total. The molecule has 0 saturated heterocycles. The Morgan fingerprint density at radius 1 is 1.53 bits per heavy atom. The van der Waals surface area contributed by atoms with Gasteiger partial charge >= 0.3 is 0 Å². The van der Waals surface area contributed by atoms with E-state index in [-0.39, 0.29) is 12.1 Å². The van der Waals surface area contributed by atoms with Crippen molar-refractivity contribution in [3.63, 3.8) is 0 Å². The average Bonchev–Trinajstić information content (AvgIpc) is 2.46. The van der Waals surface area contributed by atoms with Gasteiger partial charge in [0.15, 0.2) is 0 Å². The monoisotopic (exact) mass is 289 g/mol. The number of benzene rings is 1. The maximum atomic E-state index is 6.12. The molecule has 2 rings (SSSR count). The SMILES string of the molecule is CCNC1c2cc(Br)cc(Cl)c2OC1C. The van der Waals surface area contributed by atoms with Crippen LogP contribution >= 0.6 is 27.5 Å². The first-order valence-corrected chi connectivity index (χ1v) is 6.19. The van der Waals surface area contributed by atoms with Crippen LogP contribution in [0.15, 0.2) is 16.6 Å². The van der Waals surface area contributed by atoms with Crippen molar-refractivity contribution in [2.45, 2.75) is 26.0 Å². The number of hydrogen-bond acceptors (Lipinski definition) is 2. The van der Waals surface area contributed by atoms with Gasteiger partial charge in [-0.15, -0.1) is 0 Å². The Morgan fingerprint density at radius 2 is 2.27 bits per heavy atom. The minimum atomic E-state index is 0.131. The molecule has 1 aromatic rings. The number of fused-ring (bicyclic) bond motifs is 1. The summed E-state index contributed by atoms with van der Waals surface area (Å²) >= 11 is 9.57. The molecule has 4 heteroatoms. The van der Waals surface area contributed by atoms with Crippen molar-refractivity contribution in [1.29, 1.82) is 0 Å². The highest BCUT2D eigenvalue weighted by Gasteiger charge is 2.32. The van der Waals surface area contributed by atoms with Crippen LogP contribution in [0.3, 0.4) is 0 Å². The molecule has 2 nitrogen and oxygen atoms in total. The Labute approximate surface area is 103 Å². The quantitative estimate of drug-likeness (QED) is 0.899. The normalized spacial score (nSPS) is 23.7. The Kier molecular flexibility index (Phi) is 3.24. The fourth-order valence-electron chi connectivity index (χ4n) is 1.94. The molecule has 2 atom stereocenters. The maximum Gasteiger partial charge on any atom is 0.143 e. The first-order valence-electron chi connectivity index (χ1n) is 5.02. The Morgan fingerprint density at radius 3 is 2.93 bits per heavy atom. The van der Waals surface area contributed by atoms with Gasteiger partial charge in [0, 0.05) is 10.0 Å². The zero-order valence-electron chi connectivity index (χ0n) is 8.68. The van der Waals surface area contributed by atoms with Gasteiger partial charge in [-0.2, -0.15) is 0 Å². The van der Waals surface area contributed by atoms with Gasteiger partial charge in [0.2, 0.25) is 0 Å². The van der Waals surface area contributed by atoms with Crippen LogP contribution in [0.5, 0.6) is 5.75 Å².